The van der Waals surface area contributed by atoms with Crippen molar-refractivity contribution >= 4 is 29.4 Å². The minimum absolute atomic E-state index is 0.00761. The van der Waals surface area contributed by atoms with Crippen molar-refractivity contribution in [1.29, 1.82) is 0 Å². The molecule has 15 heteroatoms. The van der Waals surface area contributed by atoms with E-state index in [-0.39, 0.29) is 37.6 Å². The SMILES string of the molecule is CC(C)CC(NC(=O)CCCc1ccccc1NC(=O)CN1CCOCC1)C(=O)NC(Cc1ccccc1)C(=O)Oc1c(F)c(F)c(F)c(F)c1F. The van der Waals surface area contributed by atoms with Crippen molar-refractivity contribution in [2.75, 3.05) is 38.2 Å². The first-order valence-corrected chi connectivity index (χ1v) is 16.9. The first-order valence-electron chi connectivity index (χ1n) is 16.9. The van der Waals surface area contributed by atoms with E-state index in [4.69, 9.17) is 4.74 Å². The maximum Gasteiger partial charge on any atom is 0.334 e. The number of para-hydroxylation sites is 1. The Balaban J connectivity index is 1.40. The molecule has 3 N–H and O–H groups in total. The third-order valence-corrected chi connectivity index (χ3v) is 8.23. The molecular weight excluding hydrogens is 691 g/mol. The number of benzene rings is 3. The lowest BCUT2D eigenvalue weighted by Crippen LogP contribution is -2.53. The average molecular weight is 733 g/mol. The van der Waals surface area contributed by atoms with Crippen LogP contribution in [-0.2, 0) is 36.8 Å². The number of rotatable bonds is 16. The Hall–Kier alpha value is -4.89. The van der Waals surface area contributed by atoms with Crippen LogP contribution in [-0.4, -0.2) is 73.5 Å². The minimum Gasteiger partial charge on any atom is -0.418 e. The molecule has 2 atom stereocenters. The molecule has 1 fully saturated rings. The lowest BCUT2D eigenvalue weighted by molar-refractivity contribution is -0.140. The molecule has 2 unspecified atom stereocenters. The van der Waals surface area contributed by atoms with Gasteiger partial charge in [0.25, 0.3) is 0 Å². The number of aryl methyl sites for hydroxylation is 1. The van der Waals surface area contributed by atoms with Crippen LogP contribution in [0, 0.1) is 35.0 Å². The van der Waals surface area contributed by atoms with Gasteiger partial charge in [0.05, 0.1) is 19.8 Å². The number of morpholine rings is 1. The van der Waals surface area contributed by atoms with E-state index in [1.54, 1.807) is 56.3 Å². The van der Waals surface area contributed by atoms with Gasteiger partial charge in [0.15, 0.2) is 0 Å². The van der Waals surface area contributed by atoms with E-state index in [2.05, 4.69) is 20.7 Å². The fraction of sp³-hybridized carbons (Fsp3) is 0.405. The summed E-state index contributed by atoms with van der Waals surface area (Å²) in [7, 11) is 0. The summed E-state index contributed by atoms with van der Waals surface area (Å²) in [5.41, 5.74) is 1.92. The summed E-state index contributed by atoms with van der Waals surface area (Å²) in [6, 6.07) is 12.5. The molecule has 280 valence electrons. The smallest absolute Gasteiger partial charge is 0.334 e. The van der Waals surface area contributed by atoms with Gasteiger partial charge in [-0.25, -0.2) is 18.0 Å². The number of halogens is 5. The van der Waals surface area contributed by atoms with Gasteiger partial charge in [-0.2, -0.15) is 8.78 Å². The van der Waals surface area contributed by atoms with Crippen LogP contribution in [0.1, 0.15) is 44.2 Å². The fourth-order valence-corrected chi connectivity index (χ4v) is 5.58. The number of nitrogens with zero attached hydrogens (tertiary/aromatic N) is 1. The lowest BCUT2D eigenvalue weighted by Gasteiger charge is -2.26. The van der Waals surface area contributed by atoms with Crippen molar-refractivity contribution in [1.82, 2.24) is 15.5 Å². The third kappa shape index (κ3) is 11.3. The number of carbonyl (C=O) groups excluding carboxylic acids is 4. The molecule has 0 radical (unpaired) electrons. The van der Waals surface area contributed by atoms with E-state index < -0.39 is 64.7 Å². The lowest BCUT2D eigenvalue weighted by atomic mass is 10.0. The predicted octanol–water partition coefficient (Wildman–Crippen LogP) is 4.84. The van der Waals surface area contributed by atoms with Crippen LogP contribution >= 0.6 is 0 Å². The van der Waals surface area contributed by atoms with Gasteiger partial charge >= 0.3 is 5.97 Å². The number of ether oxygens (including phenoxy) is 2. The maximum atomic E-state index is 14.3. The molecule has 1 heterocycles. The third-order valence-electron chi connectivity index (χ3n) is 8.23. The molecule has 3 amide bonds. The molecule has 0 saturated carbocycles. The molecule has 1 aliphatic heterocycles. The quantitative estimate of drug-likeness (QED) is 0.0633. The highest BCUT2D eigenvalue weighted by molar-refractivity contribution is 5.93. The van der Waals surface area contributed by atoms with Crippen molar-refractivity contribution in [2.45, 2.75) is 58.0 Å². The molecule has 0 bridgehead atoms. The predicted molar refractivity (Wildman–Crippen MR) is 181 cm³/mol. The highest BCUT2D eigenvalue weighted by atomic mass is 19.2. The summed E-state index contributed by atoms with van der Waals surface area (Å²) in [5, 5.41) is 8.03. The van der Waals surface area contributed by atoms with Gasteiger partial charge in [-0.15, -0.1) is 0 Å². The monoisotopic (exact) mass is 732 g/mol. The first kappa shape index (κ1) is 39.9. The number of anilines is 1. The summed E-state index contributed by atoms with van der Waals surface area (Å²) in [5.74, 6) is -16.6. The van der Waals surface area contributed by atoms with Crippen LogP contribution in [0.4, 0.5) is 27.6 Å². The normalized spacial score (nSPS) is 14.4. The van der Waals surface area contributed by atoms with Gasteiger partial charge in [-0.1, -0.05) is 62.4 Å². The average Bonchev–Trinajstić information content (AvgIpc) is 3.12. The summed E-state index contributed by atoms with van der Waals surface area (Å²) in [6.45, 7) is 6.28. The molecule has 3 aromatic carbocycles. The molecule has 10 nitrogen and oxygen atoms in total. The number of esters is 1. The molecule has 0 spiro atoms. The number of nitrogens with one attached hydrogen (secondary N) is 3. The topological polar surface area (TPSA) is 126 Å². The summed E-state index contributed by atoms with van der Waals surface area (Å²) in [6.07, 6.45) is 0.674. The number of hydrogen-bond donors (Lipinski definition) is 3. The van der Waals surface area contributed by atoms with Gasteiger partial charge in [0.2, 0.25) is 52.6 Å². The summed E-state index contributed by atoms with van der Waals surface area (Å²) < 4.78 is 79.9. The molecule has 4 rings (SSSR count). The van der Waals surface area contributed by atoms with Gasteiger partial charge < -0.3 is 25.4 Å². The van der Waals surface area contributed by atoms with E-state index in [1.165, 1.54) is 0 Å². The number of carbonyl (C=O) groups is 4. The maximum absolute atomic E-state index is 14.3. The van der Waals surface area contributed by atoms with Crippen molar-refractivity contribution in [3.63, 3.8) is 0 Å². The molecule has 0 aromatic heterocycles. The molecule has 3 aromatic rings. The van der Waals surface area contributed by atoms with Gasteiger partial charge in [0.1, 0.15) is 12.1 Å². The van der Waals surface area contributed by atoms with E-state index >= 15 is 0 Å². The Labute approximate surface area is 298 Å². The zero-order chi connectivity index (χ0) is 37.8. The van der Waals surface area contributed by atoms with Crippen LogP contribution in [0.5, 0.6) is 5.75 Å². The van der Waals surface area contributed by atoms with Crippen molar-refractivity contribution < 1.29 is 50.6 Å². The minimum atomic E-state index is -2.42. The standard InChI is InChI=1S/C37H41F5N4O6/c1-22(2)19-26(44-28(47)14-8-12-24-11-6-7-13-25(24)43-29(48)21-46-15-17-51-18-16-46)36(49)45-27(20-23-9-4-3-5-10-23)37(50)52-35-33(41)31(39)30(38)32(40)34(35)42/h3-7,9-11,13,22,26-27H,8,12,14-21H2,1-2H3,(H,43,48)(H,44,47)(H,45,49). The second-order valence-corrected chi connectivity index (χ2v) is 12.8. The van der Waals surface area contributed by atoms with E-state index in [0.717, 1.165) is 5.56 Å². The van der Waals surface area contributed by atoms with Crippen LogP contribution in [0.2, 0.25) is 0 Å². The Morgan fingerprint density at radius 2 is 1.40 bits per heavy atom. The Bertz CT molecular complexity index is 1690. The first-order chi connectivity index (χ1) is 24.8. The largest absolute Gasteiger partial charge is 0.418 e. The van der Waals surface area contributed by atoms with Gasteiger partial charge in [-0.05, 0) is 42.4 Å². The van der Waals surface area contributed by atoms with E-state index in [1.807, 2.05) is 17.0 Å². The summed E-state index contributed by atoms with van der Waals surface area (Å²) >= 11 is 0. The van der Waals surface area contributed by atoms with Crippen molar-refractivity contribution in [2.24, 2.45) is 5.92 Å². The zero-order valence-electron chi connectivity index (χ0n) is 28.8. The van der Waals surface area contributed by atoms with E-state index in [0.29, 0.717) is 50.4 Å². The molecule has 0 aliphatic carbocycles. The van der Waals surface area contributed by atoms with E-state index in [9.17, 15) is 41.1 Å². The second kappa shape index (κ2) is 19.1. The molecule has 1 aliphatic rings. The zero-order valence-corrected chi connectivity index (χ0v) is 28.8. The number of hydrogen-bond acceptors (Lipinski definition) is 7. The highest BCUT2D eigenvalue weighted by Crippen LogP contribution is 2.29. The Morgan fingerprint density at radius 3 is 2.06 bits per heavy atom. The fourth-order valence-electron chi connectivity index (χ4n) is 5.58. The highest BCUT2D eigenvalue weighted by Gasteiger charge is 2.33. The van der Waals surface area contributed by atoms with Gasteiger partial charge in [-0.3, -0.25) is 19.3 Å². The van der Waals surface area contributed by atoms with Gasteiger partial charge in [0, 0.05) is 31.6 Å². The molecule has 52 heavy (non-hydrogen) atoms. The Morgan fingerprint density at radius 1 is 0.788 bits per heavy atom. The van der Waals surface area contributed by atoms with Crippen LogP contribution in [0.15, 0.2) is 54.6 Å². The van der Waals surface area contributed by atoms with Crippen LogP contribution in [0.3, 0.4) is 0 Å². The summed E-state index contributed by atoms with van der Waals surface area (Å²) in [4.78, 5) is 54.5. The Kier molecular flexibility index (Phi) is 14.6. The molecular formula is C37H41F5N4O6. The van der Waals surface area contributed by atoms with Crippen LogP contribution in [0.25, 0.3) is 0 Å². The van der Waals surface area contributed by atoms with Crippen molar-refractivity contribution in [3.05, 3.63) is 94.8 Å². The number of amides is 3. The van der Waals surface area contributed by atoms with Crippen molar-refractivity contribution in [3.8, 4) is 5.75 Å². The molecule has 1 saturated heterocycles. The van der Waals surface area contributed by atoms with Crippen LogP contribution < -0.4 is 20.7 Å². The second-order valence-electron chi connectivity index (χ2n) is 12.8.